The van der Waals surface area contributed by atoms with E-state index in [-0.39, 0.29) is 28.7 Å². The van der Waals surface area contributed by atoms with Crippen LogP contribution in [-0.4, -0.2) is 55.4 Å². The normalized spacial score (nSPS) is 16.9. The molecule has 3 rings (SSSR count). The fourth-order valence-electron chi connectivity index (χ4n) is 2.88. The van der Waals surface area contributed by atoms with Gasteiger partial charge in [0, 0.05) is 12.6 Å². The predicted octanol–water partition coefficient (Wildman–Crippen LogP) is 3.47. The number of carbonyl (C=O) groups is 1. The number of hydrogen-bond donors (Lipinski definition) is 1. The summed E-state index contributed by atoms with van der Waals surface area (Å²) in [6.45, 7) is 9.99. The van der Waals surface area contributed by atoms with Crippen molar-refractivity contribution in [1.29, 1.82) is 0 Å². The van der Waals surface area contributed by atoms with Crippen LogP contribution >= 0.6 is 15.9 Å². The Hall–Kier alpha value is -2.30. The molecule has 2 aromatic heterocycles. The van der Waals surface area contributed by atoms with Gasteiger partial charge in [0.2, 0.25) is 5.95 Å². The summed E-state index contributed by atoms with van der Waals surface area (Å²) in [5.41, 5.74) is 5.77. The van der Waals surface area contributed by atoms with Crippen molar-refractivity contribution in [3.05, 3.63) is 21.2 Å². The van der Waals surface area contributed by atoms with E-state index in [0.717, 1.165) is 6.42 Å². The van der Waals surface area contributed by atoms with Crippen molar-refractivity contribution in [1.82, 2.24) is 24.4 Å². The lowest BCUT2D eigenvalue weighted by Crippen LogP contribution is -2.43. The number of nitrogen functional groups attached to an aromatic ring is 1. The zero-order valence-corrected chi connectivity index (χ0v) is 19.4. The van der Waals surface area contributed by atoms with Crippen LogP contribution in [0, 0.1) is 0 Å². The number of likely N-dealkylation sites (tertiary alicyclic amines) is 1. The lowest BCUT2D eigenvalue weighted by molar-refractivity contribution is 0.0139. The predicted molar refractivity (Wildman–Crippen MR) is 116 cm³/mol. The summed E-state index contributed by atoms with van der Waals surface area (Å²) in [4.78, 5) is 36.8. The first-order chi connectivity index (χ1) is 13.9. The third kappa shape index (κ3) is 6.35. The van der Waals surface area contributed by atoms with Gasteiger partial charge in [-0.2, -0.15) is 4.98 Å². The van der Waals surface area contributed by atoms with Gasteiger partial charge in [-0.3, -0.25) is 9.36 Å². The van der Waals surface area contributed by atoms with E-state index < -0.39 is 17.9 Å². The first kappa shape index (κ1) is 24.0. The van der Waals surface area contributed by atoms with Gasteiger partial charge in [-0.05, 0) is 63.4 Å². The number of halogens is 2. The van der Waals surface area contributed by atoms with Gasteiger partial charge in [-0.1, -0.05) is 0 Å². The lowest BCUT2D eigenvalue weighted by atomic mass is 10.1. The van der Waals surface area contributed by atoms with Crippen LogP contribution in [0.4, 0.5) is 15.1 Å². The van der Waals surface area contributed by atoms with E-state index in [1.807, 2.05) is 34.6 Å². The molecule has 0 saturated carbocycles. The van der Waals surface area contributed by atoms with Crippen LogP contribution in [0.2, 0.25) is 0 Å². The number of nitrogens with zero attached hydrogens (tertiary/aromatic N) is 5. The minimum Gasteiger partial charge on any atom is -0.444 e. The Morgan fingerprint density at radius 1 is 1.37 bits per heavy atom. The molecule has 30 heavy (non-hydrogen) atoms. The Morgan fingerprint density at radius 2 is 2.03 bits per heavy atom. The van der Waals surface area contributed by atoms with Crippen LogP contribution in [0.5, 0.6) is 0 Å². The van der Waals surface area contributed by atoms with Crippen LogP contribution in [0.3, 0.4) is 0 Å². The molecule has 2 aromatic rings. The molecule has 0 spiro atoms. The van der Waals surface area contributed by atoms with E-state index in [2.05, 4.69) is 30.9 Å². The molecule has 3 heterocycles. The first-order valence-electron chi connectivity index (χ1n) is 9.71. The van der Waals surface area contributed by atoms with Crippen LogP contribution in [-0.2, 0) is 4.74 Å². The van der Waals surface area contributed by atoms with E-state index in [4.69, 9.17) is 10.5 Å². The number of nitrogens with two attached hydrogens (primary N) is 1. The number of alkyl halides is 1. The zero-order chi connectivity index (χ0) is 22.6. The Morgan fingerprint density at radius 3 is 2.60 bits per heavy atom. The molecular formula is C19H28BrFN6O3. The van der Waals surface area contributed by atoms with Crippen LogP contribution < -0.4 is 11.3 Å². The fourth-order valence-corrected chi connectivity index (χ4v) is 3.26. The largest absolute Gasteiger partial charge is 0.444 e. The number of anilines is 1. The van der Waals surface area contributed by atoms with Gasteiger partial charge in [0.1, 0.15) is 17.3 Å². The summed E-state index contributed by atoms with van der Waals surface area (Å²) in [6.07, 6.45) is 1.48. The summed E-state index contributed by atoms with van der Waals surface area (Å²) in [5, 5.41) is 0. The van der Waals surface area contributed by atoms with Crippen LogP contribution in [0.15, 0.2) is 15.6 Å². The van der Waals surface area contributed by atoms with Gasteiger partial charge in [0.25, 0.3) is 5.56 Å². The Balaban J connectivity index is 0.000000216. The van der Waals surface area contributed by atoms with Crippen molar-refractivity contribution in [2.45, 2.75) is 65.3 Å². The highest BCUT2D eigenvalue weighted by Gasteiger charge is 2.27. The number of rotatable bonds is 1. The monoisotopic (exact) mass is 486 g/mol. The molecule has 1 amide bonds. The number of aromatic nitrogens is 4. The maximum Gasteiger partial charge on any atom is 0.410 e. The molecule has 0 aliphatic carbocycles. The van der Waals surface area contributed by atoms with E-state index >= 15 is 0 Å². The molecule has 166 valence electrons. The van der Waals surface area contributed by atoms with Gasteiger partial charge in [-0.25, -0.2) is 19.2 Å². The van der Waals surface area contributed by atoms with Gasteiger partial charge in [0.15, 0.2) is 10.3 Å². The second-order valence-electron chi connectivity index (χ2n) is 8.27. The highest BCUT2D eigenvalue weighted by Crippen LogP contribution is 2.17. The van der Waals surface area contributed by atoms with E-state index in [1.54, 1.807) is 0 Å². The molecule has 1 unspecified atom stereocenters. The van der Waals surface area contributed by atoms with Gasteiger partial charge >= 0.3 is 6.09 Å². The van der Waals surface area contributed by atoms with Crippen molar-refractivity contribution in [2.24, 2.45) is 0 Å². The maximum atomic E-state index is 13.0. The number of amides is 1. The summed E-state index contributed by atoms with van der Waals surface area (Å²) in [6, 6.07) is -0.0244. The minimum absolute atomic E-state index is 0.0244. The molecule has 1 atom stereocenters. The molecule has 0 aromatic carbocycles. The Bertz CT molecular complexity index is 960. The van der Waals surface area contributed by atoms with Crippen molar-refractivity contribution in [3.8, 4) is 0 Å². The summed E-state index contributed by atoms with van der Waals surface area (Å²) in [5.74, 6) is 0.130. The average Bonchev–Trinajstić information content (AvgIpc) is 2.62. The maximum absolute atomic E-state index is 13.0. The SMILES string of the molecule is CC(C)(C)OC(=O)N1CCCC(F)C1.CC(C)n1c(=O)c(Br)nc2cnc(N)nc21. The number of fused-ring (bicyclic) bond motifs is 1. The molecule has 1 saturated heterocycles. The highest BCUT2D eigenvalue weighted by atomic mass is 79.9. The number of hydrogen-bond acceptors (Lipinski definition) is 7. The molecule has 2 N–H and O–H groups in total. The van der Waals surface area contributed by atoms with Crippen molar-refractivity contribution >= 4 is 39.1 Å². The van der Waals surface area contributed by atoms with Crippen molar-refractivity contribution in [3.63, 3.8) is 0 Å². The highest BCUT2D eigenvalue weighted by molar-refractivity contribution is 9.10. The van der Waals surface area contributed by atoms with Gasteiger partial charge in [-0.15, -0.1) is 0 Å². The number of piperidine rings is 1. The summed E-state index contributed by atoms with van der Waals surface area (Å²) < 4.78 is 19.9. The minimum atomic E-state index is -0.892. The number of carbonyl (C=O) groups excluding carboxylic acids is 1. The second-order valence-corrected chi connectivity index (χ2v) is 9.03. The molecule has 11 heteroatoms. The molecule has 9 nitrogen and oxygen atoms in total. The topological polar surface area (TPSA) is 116 Å². The first-order valence-corrected chi connectivity index (χ1v) is 10.5. The van der Waals surface area contributed by atoms with Gasteiger partial charge < -0.3 is 15.4 Å². The van der Waals surface area contributed by atoms with Crippen LogP contribution in [0.1, 0.15) is 53.5 Å². The molecule has 1 aliphatic rings. The Labute approximate surface area is 183 Å². The van der Waals surface area contributed by atoms with E-state index in [0.29, 0.717) is 24.1 Å². The summed E-state index contributed by atoms with van der Waals surface area (Å²) >= 11 is 3.12. The van der Waals surface area contributed by atoms with Crippen molar-refractivity contribution < 1.29 is 13.9 Å². The standard InChI is InChI=1S/C10H18FNO2.C9H10BrN5O/c1-10(2,3)14-9(13)12-6-4-5-8(11)7-12;1-4(2)15-7-5(3-12-9(11)14-7)13-6(10)8(15)16/h8H,4-7H2,1-3H3;3-4H,1-2H3,(H2,11,12,14). The molecule has 0 bridgehead atoms. The average molecular weight is 487 g/mol. The third-order valence-corrected chi connectivity index (χ3v) is 4.66. The quantitative estimate of drug-likeness (QED) is 0.655. The third-order valence-electron chi connectivity index (χ3n) is 4.14. The fraction of sp³-hybridized carbons (Fsp3) is 0.632. The van der Waals surface area contributed by atoms with Crippen molar-refractivity contribution in [2.75, 3.05) is 18.8 Å². The molecule has 0 radical (unpaired) electrons. The van der Waals surface area contributed by atoms with Gasteiger partial charge in [0.05, 0.1) is 12.7 Å². The zero-order valence-electron chi connectivity index (χ0n) is 17.9. The Kier molecular flexibility index (Phi) is 7.73. The molecular weight excluding hydrogens is 459 g/mol. The number of ether oxygens (including phenoxy) is 1. The molecule has 1 aliphatic heterocycles. The summed E-state index contributed by atoms with van der Waals surface area (Å²) in [7, 11) is 0. The smallest absolute Gasteiger partial charge is 0.410 e. The van der Waals surface area contributed by atoms with E-state index in [1.165, 1.54) is 15.7 Å². The van der Waals surface area contributed by atoms with Crippen LogP contribution in [0.25, 0.3) is 11.2 Å². The van der Waals surface area contributed by atoms with E-state index in [9.17, 15) is 14.0 Å². The second kappa shape index (κ2) is 9.67. The lowest BCUT2D eigenvalue weighted by Gasteiger charge is -2.31. The molecule has 1 fully saturated rings.